The van der Waals surface area contributed by atoms with E-state index in [0.717, 1.165) is 4.57 Å². The molecule has 166 valence electrons. The van der Waals surface area contributed by atoms with E-state index in [1.54, 1.807) is 40.7 Å². The average Bonchev–Trinajstić information content (AvgIpc) is 3.07. The number of fused-ring (bicyclic) bond motifs is 1. The summed E-state index contributed by atoms with van der Waals surface area (Å²) in [6.45, 7) is 8.43. The van der Waals surface area contributed by atoms with Crippen LogP contribution in [0.25, 0.3) is 5.65 Å². The second kappa shape index (κ2) is 8.18. The molecule has 0 unspecified atom stereocenters. The maximum absolute atomic E-state index is 12.5. The Balaban J connectivity index is 1.94. The van der Waals surface area contributed by atoms with Crippen molar-refractivity contribution < 1.29 is 22.5 Å². The van der Waals surface area contributed by atoms with E-state index in [2.05, 4.69) is 10.3 Å². The number of carbonyl (C=O) groups is 1. The van der Waals surface area contributed by atoms with Crippen LogP contribution >= 0.6 is 0 Å². The number of hydrogen-bond donors (Lipinski definition) is 1. The average molecular weight is 448 g/mol. The fraction of sp³-hybridized carbons (Fsp3) is 0.381. The van der Waals surface area contributed by atoms with Crippen molar-refractivity contribution in [3.05, 3.63) is 52.1 Å². The van der Waals surface area contributed by atoms with E-state index >= 15 is 0 Å². The summed E-state index contributed by atoms with van der Waals surface area (Å²) < 4.78 is 36.7. The lowest BCUT2D eigenvalue weighted by Gasteiger charge is -2.20. The van der Waals surface area contributed by atoms with E-state index in [1.165, 1.54) is 24.3 Å². The van der Waals surface area contributed by atoms with Crippen molar-refractivity contribution in [3.63, 3.8) is 0 Å². The standard InChI is InChI=1S/C21H25N3O6S/c1-6-31(27,28)15-7-8-17(16(11-15)23-20(26)21(3,4)5)29-12-14-10-19(25)24-18(22-14)9-13(2)30-24/h7-11H,6,12H2,1-5H3,(H,23,26). The predicted octanol–water partition coefficient (Wildman–Crippen LogP) is 2.95. The number of hydrogen-bond acceptors (Lipinski definition) is 7. The summed E-state index contributed by atoms with van der Waals surface area (Å²) >= 11 is 0. The number of amides is 1. The molecule has 0 spiro atoms. The Hall–Kier alpha value is -3.14. The number of sulfone groups is 1. The van der Waals surface area contributed by atoms with Gasteiger partial charge in [-0.3, -0.25) is 9.59 Å². The molecule has 3 rings (SSSR count). The van der Waals surface area contributed by atoms with Gasteiger partial charge >= 0.3 is 0 Å². The van der Waals surface area contributed by atoms with Gasteiger partial charge in [-0.05, 0) is 25.1 Å². The maximum Gasteiger partial charge on any atom is 0.287 e. The molecule has 0 atom stereocenters. The lowest BCUT2D eigenvalue weighted by Crippen LogP contribution is -2.28. The highest BCUT2D eigenvalue weighted by molar-refractivity contribution is 7.91. The second-order valence-corrected chi connectivity index (χ2v) is 10.4. The van der Waals surface area contributed by atoms with Crippen molar-refractivity contribution in [3.8, 4) is 5.75 Å². The maximum atomic E-state index is 12.5. The summed E-state index contributed by atoms with van der Waals surface area (Å²) in [4.78, 5) is 29.1. The molecule has 0 aliphatic heterocycles. The van der Waals surface area contributed by atoms with Gasteiger partial charge in [0, 0.05) is 17.5 Å². The summed E-state index contributed by atoms with van der Waals surface area (Å²) in [6, 6.07) is 7.20. The third-order valence-corrected chi connectivity index (χ3v) is 6.25. The molecule has 1 N–H and O–H groups in total. The first-order chi connectivity index (χ1) is 14.4. The van der Waals surface area contributed by atoms with Crippen molar-refractivity contribution in [2.75, 3.05) is 11.1 Å². The van der Waals surface area contributed by atoms with E-state index < -0.39 is 15.3 Å². The van der Waals surface area contributed by atoms with Gasteiger partial charge in [0.15, 0.2) is 15.5 Å². The molecular weight excluding hydrogens is 422 g/mol. The number of nitrogens with one attached hydrogen (secondary N) is 1. The molecular formula is C21H25N3O6S. The molecule has 1 aromatic carbocycles. The van der Waals surface area contributed by atoms with Crippen LogP contribution in [-0.2, 0) is 21.2 Å². The molecule has 0 fully saturated rings. The minimum Gasteiger partial charge on any atom is -0.485 e. The third kappa shape index (κ3) is 4.96. The van der Waals surface area contributed by atoms with Crippen LogP contribution in [0.3, 0.4) is 0 Å². The zero-order valence-electron chi connectivity index (χ0n) is 18.1. The first kappa shape index (κ1) is 22.5. The molecule has 3 aromatic rings. The minimum absolute atomic E-state index is 0.0613. The number of anilines is 1. The molecule has 2 aromatic heterocycles. The fourth-order valence-corrected chi connectivity index (χ4v) is 3.61. The topological polar surface area (TPSA) is 120 Å². The summed E-state index contributed by atoms with van der Waals surface area (Å²) in [5.41, 5.74) is -0.135. The third-order valence-electron chi connectivity index (χ3n) is 4.52. The fourth-order valence-electron chi connectivity index (χ4n) is 2.70. The SMILES string of the molecule is CCS(=O)(=O)c1ccc(OCc2cc(=O)n3oc(C)cc3n2)c(NC(=O)C(C)(C)C)c1. The Labute approximate surface area is 179 Å². The summed E-state index contributed by atoms with van der Waals surface area (Å²) in [7, 11) is -3.48. The Morgan fingerprint density at radius 3 is 2.58 bits per heavy atom. The van der Waals surface area contributed by atoms with Crippen LogP contribution in [0.4, 0.5) is 5.69 Å². The first-order valence-electron chi connectivity index (χ1n) is 9.71. The number of ether oxygens (including phenoxy) is 1. The van der Waals surface area contributed by atoms with Gasteiger partial charge in [0.05, 0.1) is 22.0 Å². The van der Waals surface area contributed by atoms with Crippen LogP contribution < -0.4 is 15.6 Å². The number of aryl methyl sites for hydroxylation is 1. The van der Waals surface area contributed by atoms with Gasteiger partial charge in [-0.2, -0.15) is 0 Å². The monoisotopic (exact) mass is 447 g/mol. The predicted molar refractivity (Wildman–Crippen MR) is 115 cm³/mol. The van der Waals surface area contributed by atoms with Gasteiger partial charge in [0.2, 0.25) is 5.91 Å². The first-order valence-corrected chi connectivity index (χ1v) is 11.4. The zero-order chi connectivity index (χ0) is 23.0. The minimum atomic E-state index is -3.48. The van der Waals surface area contributed by atoms with Gasteiger partial charge in [0.1, 0.15) is 18.1 Å². The Morgan fingerprint density at radius 2 is 1.94 bits per heavy atom. The van der Waals surface area contributed by atoms with Gasteiger partial charge in [0.25, 0.3) is 5.56 Å². The Bertz CT molecular complexity index is 1300. The van der Waals surface area contributed by atoms with Crippen molar-refractivity contribution in [2.45, 2.75) is 46.1 Å². The molecule has 10 heteroatoms. The summed E-state index contributed by atoms with van der Waals surface area (Å²) in [6.07, 6.45) is 0. The van der Waals surface area contributed by atoms with Gasteiger partial charge in [-0.1, -0.05) is 27.7 Å². The molecule has 0 saturated heterocycles. The molecule has 9 nitrogen and oxygen atoms in total. The normalized spacial score (nSPS) is 12.2. The van der Waals surface area contributed by atoms with Crippen LogP contribution in [0, 0.1) is 12.3 Å². The smallest absolute Gasteiger partial charge is 0.287 e. The highest BCUT2D eigenvalue weighted by Gasteiger charge is 2.24. The summed E-state index contributed by atoms with van der Waals surface area (Å²) in [5.74, 6) is 0.438. The van der Waals surface area contributed by atoms with Crippen molar-refractivity contribution in [1.82, 2.24) is 9.56 Å². The lowest BCUT2D eigenvalue weighted by molar-refractivity contribution is -0.123. The molecule has 2 heterocycles. The molecule has 0 aliphatic carbocycles. The molecule has 31 heavy (non-hydrogen) atoms. The van der Waals surface area contributed by atoms with E-state index in [4.69, 9.17) is 9.26 Å². The highest BCUT2D eigenvalue weighted by atomic mass is 32.2. The lowest BCUT2D eigenvalue weighted by atomic mass is 9.95. The van der Waals surface area contributed by atoms with E-state index in [9.17, 15) is 18.0 Å². The Morgan fingerprint density at radius 1 is 1.23 bits per heavy atom. The van der Waals surface area contributed by atoms with E-state index in [1.807, 2.05) is 0 Å². The Kier molecular flexibility index (Phi) is 5.95. The molecule has 0 bridgehead atoms. The number of benzene rings is 1. The molecule has 0 aliphatic rings. The van der Waals surface area contributed by atoms with Gasteiger partial charge in [-0.25, -0.2) is 13.4 Å². The molecule has 0 saturated carbocycles. The van der Waals surface area contributed by atoms with E-state index in [-0.39, 0.29) is 40.2 Å². The van der Waals surface area contributed by atoms with Crippen LogP contribution in [-0.4, -0.2) is 29.6 Å². The highest BCUT2D eigenvalue weighted by Crippen LogP contribution is 2.30. The summed E-state index contributed by atoms with van der Waals surface area (Å²) in [5, 5.41) is 2.74. The number of rotatable bonds is 6. The van der Waals surface area contributed by atoms with Crippen LogP contribution in [0.1, 0.15) is 39.1 Å². The van der Waals surface area contributed by atoms with Gasteiger partial charge < -0.3 is 14.6 Å². The van der Waals surface area contributed by atoms with Crippen LogP contribution in [0.5, 0.6) is 5.75 Å². The number of carbonyl (C=O) groups excluding carboxylic acids is 1. The number of nitrogens with zero attached hydrogens (tertiary/aromatic N) is 2. The van der Waals surface area contributed by atoms with Crippen LogP contribution in [0.15, 0.2) is 44.5 Å². The van der Waals surface area contributed by atoms with Crippen molar-refractivity contribution >= 4 is 27.1 Å². The van der Waals surface area contributed by atoms with E-state index in [0.29, 0.717) is 17.1 Å². The molecule has 1 amide bonds. The second-order valence-electron chi connectivity index (χ2n) is 8.14. The van der Waals surface area contributed by atoms with Crippen LogP contribution in [0.2, 0.25) is 0 Å². The van der Waals surface area contributed by atoms with Gasteiger partial charge in [-0.15, -0.1) is 4.57 Å². The largest absolute Gasteiger partial charge is 0.485 e. The van der Waals surface area contributed by atoms with Crippen molar-refractivity contribution in [1.29, 1.82) is 0 Å². The number of aromatic nitrogens is 2. The quantitative estimate of drug-likeness (QED) is 0.617. The van der Waals surface area contributed by atoms with Crippen molar-refractivity contribution in [2.24, 2.45) is 5.41 Å². The zero-order valence-corrected chi connectivity index (χ0v) is 18.9. The molecule has 0 radical (unpaired) electrons.